The average Bonchev–Trinajstić information content (AvgIpc) is 3.16. The Kier molecular flexibility index (Phi) is 6.70. The second-order valence-corrected chi connectivity index (χ2v) is 6.97. The molecule has 28 heavy (non-hydrogen) atoms. The smallest absolute Gasteiger partial charge is 0.257 e. The molecule has 0 saturated carbocycles. The number of para-hydroxylation sites is 1. The Labute approximate surface area is 171 Å². The fourth-order valence-corrected chi connectivity index (χ4v) is 3.85. The molecule has 1 saturated heterocycles. The number of rotatable bonds is 5. The summed E-state index contributed by atoms with van der Waals surface area (Å²) in [5.74, 6) is 3.10. The van der Waals surface area contributed by atoms with Gasteiger partial charge in [0.05, 0.1) is 12.1 Å². The molecule has 1 N–H and O–H groups in total. The summed E-state index contributed by atoms with van der Waals surface area (Å²) in [6.45, 7) is 8.16. The van der Waals surface area contributed by atoms with Crippen LogP contribution in [0.1, 0.15) is 40.8 Å². The maximum Gasteiger partial charge on any atom is 0.257 e. The summed E-state index contributed by atoms with van der Waals surface area (Å²) in [7, 11) is 0. The first kappa shape index (κ1) is 20.4. The minimum absolute atomic E-state index is 0. The van der Waals surface area contributed by atoms with Crippen LogP contribution in [0, 0.1) is 0 Å². The van der Waals surface area contributed by atoms with E-state index in [1.165, 1.54) is 0 Å². The van der Waals surface area contributed by atoms with Crippen molar-refractivity contribution in [3.63, 3.8) is 0 Å². The molecule has 0 atom stereocenters. The number of likely N-dealkylation sites (tertiary alicyclic amines) is 1. The molecule has 4 rings (SSSR count). The third-order valence-corrected chi connectivity index (χ3v) is 5.27. The number of ether oxygens (including phenoxy) is 1. The van der Waals surface area contributed by atoms with Crippen LogP contribution in [0.2, 0.25) is 0 Å². The number of hydrogen-bond acceptors (Lipinski definition) is 5. The van der Waals surface area contributed by atoms with E-state index in [9.17, 15) is 4.79 Å². The molecule has 3 heterocycles. The van der Waals surface area contributed by atoms with Crippen LogP contribution in [0.15, 0.2) is 36.9 Å². The summed E-state index contributed by atoms with van der Waals surface area (Å²) < 4.78 is 7.89. The van der Waals surface area contributed by atoms with Gasteiger partial charge in [0.2, 0.25) is 0 Å². The van der Waals surface area contributed by atoms with Crippen molar-refractivity contribution in [1.82, 2.24) is 25.0 Å². The van der Waals surface area contributed by atoms with E-state index < -0.39 is 0 Å². The monoisotopic (exact) mass is 403 g/mol. The first-order chi connectivity index (χ1) is 13.3. The molecular formula is C20H26ClN5O2. The van der Waals surface area contributed by atoms with Gasteiger partial charge in [-0.3, -0.25) is 4.79 Å². The molecule has 0 radical (unpaired) electrons. The fourth-order valence-electron chi connectivity index (χ4n) is 3.85. The Morgan fingerprint density at radius 1 is 1.25 bits per heavy atom. The van der Waals surface area contributed by atoms with Crippen molar-refractivity contribution in [2.24, 2.45) is 0 Å². The van der Waals surface area contributed by atoms with Crippen molar-refractivity contribution in [1.29, 1.82) is 0 Å². The minimum Gasteiger partial charge on any atom is -0.489 e. The van der Waals surface area contributed by atoms with Gasteiger partial charge in [-0.1, -0.05) is 24.8 Å². The quantitative estimate of drug-likeness (QED) is 0.776. The molecule has 0 spiro atoms. The van der Waals surface area contributed by atoms with Crippen LogP contribution in [0.3, 0.4) is 0 Å². The largest absolute Gasteiger partial charge is 0.489 e. The van der Waals surface area contributed by atoms with Crippen LogP contribution in [0.4, 0.5) is 0 Å². The Hall–Kier alpha value is -2.38. The molecule has 1 fully saturated rings. The number of carbonyl (C=O) groups is 1. The van der Waals surface area contributed by atoms with Crippen molar-refractivity contribution >= 4 is 18.3 Å². The van der Waals surface area contributed by atoms with Gasteiger partial charge >= 0.3 is 0 Å². The van der Waals surface area contributed by atoms with E-state index in [0.717, 1.165) is 57.2 Å². The van der Waals surface area contributed by atoms with E-state index in [1.807, 2.05) is 29.2 Å². The Balaban J connectivity index is 0.00000225. The molecule has 0 bridgehead atoms. The SMILES string of the molecule is C=CCOc1ccccc1C(=O)N1CCC(c2nnc3n2CCNC3)CC1.Cl. The molecular weight excluding hydrogens is 378 g/mol. The first-order valence-electron chi connectivity index (χ1n) is 9.52. The van der Waals surface area contributed by atoms with Gasteiger partial charge in [-0.15, -0.1) is 22.6 Å². The highest BCUT2D eigenvalue weighted by Gasteiger charge is 2.29. The number of aromatic nitrogens is 3. The molecule has 2 aliphatic rings. The zero-order valence-electron chi connectivity index (χ0n) is 15.8. The van der Waals surface area contributed by atoms with Crippen LogP contribution in [-0.2, 0) is 13.1 Å². The third kappa shape index (κ3) is 4.05. The summed E-state index contributed by atoms with van der Waals surface area (Å²) in [4.78, 5) is 14.9. The molecule has 2 aliphatic heterocycles. The minimum atomic E-state index is 0. The molecule has 1 aromatic heterocycles. The average molecular weight is 404 g/mol. The molecule has 0 aliphatic carbocycles. The van der Waals surface area contributed by atoms with Gasteiger partial charge in [0.25, 0.3) is 5.91 Å². The second-order valence-electron chi connectivity index (χ2n) is 6.97. The molecule has 150 valence electrons. The van der Waals surface area contributed by atoms with Gasteiger partial charge in [0.15, 0.2) is 0 Å². The zero-order chi connectivity index (χ0) is 18.6. The van der Waals surface area contributed by atoms with Gasteiger partial charge in [-0.2, -0.15) is 0 Å². The maximum absolute atomic E-state index is 13.0. The number of nitrogens with zero attached hydrogens (tertiary/aromatic N) is 4. The van der Waals surface area contributed by atoms with E-state index >= 15 is 0 Å². The molecule has 8 heteroatoms. The molecule has 7 nitrogen and oxygen atoms in total. The summed E-state index contributed by atoms with van der Waals surface area (Å²) in [5, 5.41) is 12.1. The lowest BCUT2D eigenvalue weighted by Gasteiger charge is -2.32. The van der Waals surface area contributed by atoms with Crippen molar-refractivity contribution in [3.8, 4) is 5.75 Å². The van der Waals surface area contributed by atoms with Gasteiger partial charge in [-0.05, 0) is 25.0 Å². The first-order valence-corrected chi connectivity index (χ1v) is 9.52. The number of amides is 1. The lowest BCUT2D eigenvalue weighted by Crippen LogP contribution is -2.39. The van der Waals surface area contributed by atoms with Gasteiger partial charge in [0, 0.05) is 32.1 Å². The number of halogens is 1. The van der Waals surface area contributed by atoms with Gasteiger partial charge < -0.3 is 19.5 Å². The second kappa shape index (κ2) is 9.21. The summed E-state index contributed by atoms with van der Waals surface area (Å²) in [5.41, 5.74) is 0.615. The Morgan fingerprint density at radius 2 is 2.04 bits per heavy atom. The van der Waals surface area contributed by atoms with Gasteiger partial charge in [0.1, 0.15) is 24.0 Å². The van der Waals surface area contributed by atoms with Crippen molar-refractivity contribution in [2.75, 3.05) is 26.2 Å². The van der Waals surface area contributed by atoms with E-state index in [1.54, 1.807) is 6.08 Å². The maximum atomic E-state index is 13.0. The predicted molar refractivity (Wildman–Crippen MR) is 109 cm³/mol. The van der Waals surface area contributed by atoms with E-state index in [-0.39, 0.29) is 18.3 Å². The summed E-state index contributed by atoms with van der Waals surface area (Å²) in [6, 6.07) is 7.41. The third-order valence-electron chi connectivity index (χ3n) is 5.27. The van der Waals surface area contributed by atoms with Crippen LogP contribution < -0.4 is 10.1 Å². The number of carbonyl (C=O) groups excluding carboxylic acids is 1. The van der Waals surface area contributed by atoms with Crippen molar-refractivity contribution < 1.29 is 9.53 Å². The topological polar surface area (TPSA) is 72.3 Å². The standard InChI is InChI=1S/C20H25N5O2.ClH/c1-2-13-27-17-6-4-3-5-16(17)20(26)24-10-7-15(8-11-24)19-23-22-18-14-21-9-12-25(18)19;/h2-6,15,21H,1,7-14H2;1H. The van der Waals surface area contributed by atoms with E-state index in [2.05, 4.69) is 26.7 Å². The number of piperidine rings is 1. The Bertz CT molecular complexity index is 830. The van der Waals surface area contributed by atoms with Crippen molar-refractivity contribution in [3.05, 3.63) is 54.1 Å². The normalized spacial score (nSPS) is 16.8. The highest BCUT2D eigenvalue weighted by atomic mass is 35.5. The Morgan fingerprint density at radius 3 is 2.82 bits per heavy atom. The summed E-state index contributed by atoms with van der Waals surface area (Å²) in [6.07, 6.45) is 3.50. The molecule has 2 aromatic rings. The molecule has 1 amide bonds. The van der Waals surface area contributed by atoms with E-state index in [4.69, 9.17) is 4.74 Å². The number of benzene rings is 1. The predicted octanol–water partition coefficient (Wildman–Crippen LogP) is 2.39. The van der Waals surface area contributed by atoms with Crippen molar-refractivity contribution in [2.45, 2.75) is 31.8 Å². The van der Waals surface area contributed by atoms with E-state index in [0.29, 0.717) is 23.8 Å². The highest BCUT2D eigenvalue weighted by Crippen LogP contribution is 2.29. The number of hydrogen-bond donors (Lipinski definition) is 1. The van der Waals surface area contributed by atoms with Gasteiger partial charge in [-0.25, -0.2) is 0 Å². The van der Waals surface area contributed by atoms with Crippen LogP contribution in [0.5, 0.6) is 5.75 Å². The number of fused-ring (bicyclic) bond motifs is 1. The van der Waals surface area contributed by atoms with Crippen LogP contribution in [0.25, 0.3) is 0 Å². The molecule has 0 unspecified atom stereocenters. The fraction of sp³-hybridized carbons (Fsp3) is 0.450. The highest BCUT2D eigenvalue weighted by molar-refractivity contribution is 5.97. The van der Waals surface area contributed by atoms with Crippen LogP contribution >= 0.6 is 12.4 Å². The zero-order valence-corrected chi connectivity index (χ0v) is 16.7. The number of nitrogens with one attached hydrogen (secondary N) is 1. The lowest BCUT2D eigenvalue weighted by molar-refractivity contribution is 0.0706. The summed E-state index contributed by atoms with van der Waals surface area (Å²) >= 11 is 0. The molecule has 1 aromatic carbocycles. The lowest BCUT2D eigenvalue weighted by atomic mass is 9.95. The van der Waals surface area contributed by atoms with Crippen LogP contribution in [-0.4, -0.2) is 51.8 Å².